The third kappa shape index (κ3) is 1.76. The van der Waals surface area contributed by atoms with E-state index in [1.54, 1.807) is 6.26 Å². The van der Waals surface area contributed by atoms with Gasteiger partial charge in [-0.1, -0.05) is 36.3 Å². The Kier molecular flexibility index (Phi) is 2.85. The molecule has 1 N–H and O–H groups in total. The lowest BCUT2D eigenvalue weighted by molar-refractivity contribution is 0.367. The second kappa shape index (κ2) is 4.41. The molecule has 0 radical (unpaired) electrons. The lowest BCUT2D eigenvalue weighted by atomic mass is 9.66. The van der Waals surface area contributed by atoms with Gasteiger partial charge >= 0.3 is 0 Å². The van der Waals surface area contributed by atoms with Crippen molar-refractivity contribution in [1.29, 1.82) is 0 Å². The van der Waals surface area contributed by atoms with Crippen molar-refractivity contribution in [3.8, 4) is 0 Å². The van der Waals surface area contributed by atoms with Crippen LogP contribution in [0.5, 0.6) is 0 Å². The predicted octanol–water partition coefficient (Wildman–Crippen LogP) is 3.92. The molecule has 1 aliphatic rings. The Morgan fingerprint density at radius 2 is 2.16 bits per heavy atom. The van der Waals surface area contributed by atoms with Crippen LogP contribution in [-0.4, -0.2) is 12.2 Å². The number of aromatic nitrogens is 1. The van der Waals surface area contributed by atoms with Gasteiger partial charge in [0.1, 0.15) is 12.0 Å². The van der Waals surface area contributed by atoms with Crippen molar-refractivity contribution in [2.24, 2.45) is 0 Å². The van der Waals surface area contributed by atoms with Gasteiger partial charge in [-0.15, -0.1) is 0 Å². The summed E-state index contributed by atoms with van der Waals surface area (Å²) < 4.78 is 5.18. The van der Waals surface area contributed by atoms with E-state index in [0.717, 1.165) is 17.8 Å². The molecule has 0 saturated heterocycles. The maximum Gasteiger partial charge on any atom is 0.147 e. The molecule has 2 atom stereocenters. The molecule has 1 aliphatic carbocycles. The van der Waals surface area contributed by atoms with Gasteiger partial charge in [0.2, 0.25) is 0 Å². The fourth-order valence-corrected chi connectivity index (χ4v) is 3.28. The van der Waals surface area contributed by atoms with Crippen molar-refractivity contribution in [1.82, 2.24) is 5.16 Å². The van der Waals surface area contributed by atoms with Gasteiger partial charge in [-0.2, -0.15) is 0 Å². The van der Waals surface area contributed by atoms with Crippen LogP contribution in [0.2, 0.25) is 0 Å². The lowest BCUT2D eigenvalue weighted by Crippen LogP contribution is -2.31. The molecule has 3 rings (SSSR count). The molecule has 2 unspecified atom stereocenters. The van der Waals surface area contributed by atoms with Crippen LogP contribution in [0.3, 0.4) is 0 Å². The Morgan fingerprint density at radius 1 is 1.37 bits per heavy atom. The molecular formula is C16H20N2O. The first-order valence-electron chi connectivity index (χ1n) is 6.89. The Hall–Kier alpha value is -1.77. The van der Waals surface area contributed by atoms with Crippen LogP contribution in [0.1, 0.15) is 49.4 Å². The van der Waals surface area contributed by atoms with E-state index in [9.17, 15) is 0 Å². The molecule has 3 nitrogen and oxygen atoms in total. The molecule has 19 heavy (non-hydrogen) atoms. The Morgan fingerprint density at radius 3 is 2.95 bits per heavy atom. The number of hydrogen-bond donors (Lipinski definition) is 1. The average Bonchev–Trinajstić information content (AvgIpc) is 2.92. The number of nitrogens with zero attached hydrogens (tertiary/aromatic N) is 1. The highest BCUT2D eigenvalue weighted by Gasteiger charge is 2.39. The monoisotopic (exact) mass is 256 g/mol. The highest BCUT2D eigenvalue weighted by molar-refractivity contribution is 5.55. The van der Waals surface area contributed by atoms with Crippen molar-refractivity contribution in [2.45, 2.75) is 38.0 Å². The van der Waals surface area contributed by atoms with Crippen LogP contribution < -0.4 is 5.32 Å². The Bertz CT molecular complexity index is 590. The van der Waals surface area contributed by atoms with Crippen molar-refractivity contribution in [3.05, 3.63) is 47.3 Å². The summed E-state index contributed by atoms with van der Waals surface area (Å²) in [7, 11) is 1.91. The van der Waals surface area contributed by atoms with Gasteiger partial charge in [0, 0.05) is 12.5 Å². The van der Waals surface area contributed by atoms with Crippen molar-refractivity contribution in [3.63, 3.8) is 0 Å². The molecule has 0 aliphatic heterocycles. The first-order chi connectivity index (χ1) is 9.16. The maximum absolute atomic E-state index is 5.18. The molecule has 0 saturated carbocycles. The number of anilines is 1. The minimum Gasteiger partial charge on any atom is -0.384 e. The summed E-state index contributed by atoms with van der Waals surface area (Å²) in [4.78, 5) is 0. The summed E-state index contributed by atoms with van der Waals surface area (Å²) in [6, 6.07) is 8.73. The van der Waals surface area contributed by atoms with E-state index in [4.69, 9.17) is 4.52 Å². The summed E-state index contributed by atoms with van der Waals surface area (Å²) >= 11 is 0. The number of hydrogen-bond acceptors (Lipinski definition) is 3. The fourth-order valence-electron chi connectivity index (χ4n) is 3.28. The zero-order chi connectivity index (χ0) is 13.5. The van der Waals surface area contributed by atoms with E-state index in [2.05, 4.69) is 48.6 Å². The molecule has 0 amide bonds. The third-order valence-corrected chi connectivity index (χ3v) is 4.53. The highest BCUT2D eigenvalue weighted by atomic mass is 16.5. The SMILES string of the molecule is CNc1conc1C1(C)CCC(C)c2ccccc21. The van der Waals surface area contributed by atoms with Crippen molar-refractivity contribution < 1.29 is 4.52 Å². The number of nitrogens with one attached hydrogen (secondary N) is 1. The molecule has 3 heteroatoms. The van der Waals surface area contributed by atoms with Crippen molar-refractivity contribution >= 4 is 5.69 Å². The molecule has 0 fully saturated rings. The van der Waals surface area contributed by atoms with Gasteiger partial charge in [0.25, 0.3) is 0 Å². The number of benzene rings is 1. The molecular weight excluding hydrogens is 236 g/mol. The van der Waals surface area contributed by atoms with Crippen molar-refractivity contribution in [2.75, 3.05) is 12.4 Å². The molecule has 2 aromatic rings. The van der Waals surface area contributed by atoms with Gasteiger partial charge in [0.05, 0.1) is 5.69 Å². The first kappa shape index (κ1) is 12.3. The van der Waals surface area contributed by atoms with Gasteiger partial charge in [-0.3, -0.25) is 0 Å². The third-order valence-electron chi connectivity index (χ3n) is 4.53. The predicted molar refractivity (Wildman–Crippen MR) is 76.6 cm³/mol. The second-order valence-corrected chi connectivity index (χ2v) is 5.69. The minimum atomic E-state index is -0.0611. The summed E-state index contributed by atoms with van der Waals surface area (Å²) in [5.74, 6) is 0.620. The molecule has 1 aromatic heterocycles. The largest absolute Gasteiger partial charge is 0.384 e. The quantitative estimate of drug-likeness (QED) is 0.885. The zero-order valence-electron chi connectivity index (χ0n) is 11.7. The maximum atomic E-state index is 5.18. The van der Waals surface area contributed by atoms with E-state index in [1.807, 2.05) is 7.05 Å². The van der Waals surface area contributed by atoms with E-state index in [-0.39, 0.29) is 5.41 Å². The van der Waals surface area contributed by atoms with Gasteiger partial charge in [-0.05, 0) is 36.8 Å². The Balaban J connectivity index is 2.18. The summed E-state index contributed by atoms with van der Waals surface area (Å²) in [6.07, 6.45) is 3.98. The van der Waals surface area contributed by atoms with E-state index < -0.39 is 0 Å². The summed E-state index contributed by atoms with van der Waals surface area (Å²) in [5.41, 5.74) is 4.79. The Labute approximate surface area is 114 Å². The number of rotatable bonds is 2. The number of fused-ring (bicyclic) bond motifs is 1. The highest BCUT2D eigenvalue weighted by Crippen LogP contribution is 2.47. The molecule has 0 spiro atoms. The minimum absolute atomic E-state index is 0.0611. The van der Waals surface area contributed by atoms with Gasteiger partial charge in [0.15, 0.2) is 0 Å². The molecule has 1 aromatic carbocycles. The topological polar surface area (TPSA) is 38.1 Å². The van der Waals surface area contributed by atoms with Crippen LogP contribution >= 0.6 is 0 Å². The second-order valence-electron chi connectivity index (χ2n) is 5.69. The van der Waals surface area contributed by atoms with Crippen LogP contribution in [0.15, 0.2) is 35.1 Å². The van der Waals surface area contributed by atoms with Crippen LogP contribution in [-0.2, 0) is 5.41 Å². The average molecular weight is 256 g/mol. The van der Waals surface area contributed by atoms with E-state index in [0.29, 0.717) is 5.92 Å². The van der Waals surface area contributed by atoms with Crippen LogP contribution in [0.4, 0.5) is 5.69 Å². The normalized spacial score (nSPS) is 25.9. The smallest absolute Gasteiger partial charge is 0.147 e. The zero-order valence-corrected chi connectivity index (χ0v) is 11.7. The van der Waals surface area contributed by atoms with Gasteiger partial charge < -0.3 is 9.84 Å². The summed E-state index contributed by atoms with van der Waals surface area (Å²) in [5, 5.41) is 7.45. The van der Waals surface area contributed by atoms with Crippen LogP contribution in [0.25, 0.3) is 0 Å². The fraction of sp³-hybridized carbons (Fsp3) is 0.438. The van der Waals surface area contributed by atoms with E-state index >= 15 is 0 Å². The molecule has 1 heterocycles. The molecule has 0 bridgehead atoms. The van der Waals surface area contributed by atoms with Gasteiger partial charge in [-0.25, -0.2) is 0 Å². The lowest BCUT2D eigenvalue weighted by Gasteiger charge is -2.37. The first-order valence-corrected chi connectivity index (χ1v) is 6.89. The summed E-state index contributed by atoms with van der Waals surface area (Å²) in [6.45, 7) is 4.58. The standard InChI is InChI=1S/C16H20N2O/c1-11-8-9-16(2,13-7-5-4-6-12(11)13)15-14(17-3)10-19-18-15/h4-7,10-11,17H,8-9H2,1-3H3. The van der Waals surface area contributed by atoms with Crippen LogP contribution in [0, 0.1) is 0 Å². The molecule has 100 valence electrons. The van der Waals surface area contributed by atoms with E-state index in [1.165, 1.54) is 17.5 Å².